The van der Waals surface area contributed by atoms with Gasteiger partial charge in [0.15, 0.2) is 0 Å². The molecular weight excluding hydrogens is 408 g/mol. The average molecular weight is 461 g/mol. The van der Waals surface area contributed by atoms with E-state index in [9.17, 15) is 0 Å². The molecule has 0 unspecified atom stereocenters. The smallest absolute Gasteiger partial charge is 0.00923 e. The second kappa shape index (κ2) is 15.5. The van der Waals surface area contributed by atoms with Gasteiger partial charge in [-0.25, -0.2) is 0 Å². The molecule has 0 amide bonds. The molecule has 0 bridgehead atoms. The lowest BCUT2D eigenvalue weighted by Crippen LogP contribution is -2.11. The Labute approximate surface area is 213 Å². The third-order valence-electron chi connectivity index (χ3n) is 6.25. The largest absolute Gasteiger partial charge is 0.0984 e. The predicted molar refractivity (Wildman–Crippen MR) is 157 cm³/mol. The second-order valence-electron chi connectivity index (χ2n) is 10.5. The van der Waals surface area contributed by atoms with E-state index in [0.29, 0.717) is 0 Å². The van der Waals surface area contributed by atoms with Gasteiger partial charge >= 0.3 is 0 Å². The molecule has 1 aliphatic carbocycles. The fourth-order valence-electron chi connectivity index (χ4n) is 4.40. The zero-order valence-electron chi connectivity index (χ0n) is 24.0. The summed E-state index contributed by atoms with van der Waals surface area (Å²) < 4.78 is 0. The maximum Gasteiger partial charge on any atom is -0.00923 e. The summed E-state index contributed by atoms with van der Waals surface area (Å²) in [6.45, 7) is 30.5. The zero-order chi connectivity index (χ0) is 26.4. The van der Waals surface area contributed by atoms with Crippen LogP contribution in [0.5, 0.6) is 0 Å². The highest BCUT2D eigenvalue weighted by Crippen LogP contribution is 2.56. The quantitative estimate of drug-likeness (QED) is 0.355. The van der Waals surface area contributed by atoms with Crippen molar-refractivity contribution in [2.75, 3.05) is 0 Å². The van der Waals surface area contributed by atoms with Crippen molar-refractivity contribution in [2.45, 2.75) is 88.5 Å². The fourth-order valence-corrected chi connectivity index (χ4v) is 4.40. The van der Waals surface area contributed by atoms with Crippen molar-refractivity contribution in [1.29, 1.82) is 0 Å². The van der Waals surface area contributed by atoms with Crippen molar-refractivity contribution in [3.8, 4) is 0 Å². The molecule has 2 rings (SSSR count). The minimum atomic E-state index is 0.156. The molecule has 0 N–H and O–H groups in total. The third-order valence-corrected chi connectivity index (χ3v) is 6.25. The summed E-state index contributed by atoms with van der Waals surface area (Å²) in [5, 5.41) is 0. The van der Waals surface area contributed by atoms with Gasteiger partial charge in [0.1, 0.15) is 0 Å². The molecule has 1 aromatic carbocycles. The maximum absolute atomic E-state index is 4.33. The van der Waals surface area contributed by atoms with Gasteiger partial charge in [-0.05, 0) is 64.4 Å². The summed E-state index contributed by atoms with van der Waals surface area (Å²) in [5.41, 5.74) is 6.62. The molecule has 0 heterocycles. The van der Waals surface area contributed by atoms with Gasteiger partial charge in [0, 0.05) is 0 Å². The Balaban J connectivity index is 0.00000138. The normalized spacial score (nSPS) is 19.0. The molecular formula is C34H52. The zero-order valence-corrected chi connectivity index (χ0v) is 24.0. The summed E-state index contributed by atoms with van der Waals surface area (Å²) in [6.07, 6.45) is 16.2. The van der Waals surface area contributed by atoms with Crippen molar-refractivity contribution in [2.24, 2.45) is 16.7 Å². The van der Waals surface area contributed by atoms with Crippen LogP contribution in [0.4, 0.5) is 0 Å². The summed E-state index contributed by atoms with van der Waals surface area (Å²) in [4.78, 5) is 0. The van der Waals surface area contributed by atoms with E-state index in [-0.39, 0.29) is 10.8 Å². The maximum atomic E-state index is 4.33. The second-order valence-corrected chi connectivity index (χ2v) is 10.5. The van der Waals surface area contributed by atoms with Gasteiger partial charge < -0.3 is 0 Å². The molecule has 0 radical (unpaired) electrons. The topological polar surface area (TPSA) is 0 Å². The van der Waals surface area contributed by atoms with E-state index in [0.717, 1.165) is 29.9 Å². The van der Waals surface area contributed by atoms with Gasteiger partial charge in [0.2, 0.25) is 0 Å². The van der Waals surface area contributed by atoms with Crippen LogP contribution >= 0.6 is 0 Å². The van der Waals surface area contributed by atoms with Gasteiger partial charge in [-0.3, -0.25) is 0 Å². The lowest BCUT2D eigenvalue weighted by molar-refractivity contribution is 0.338. The highest BCUT2D eigenvalue weighted by atomic mass is 14.5. The van der Waals surface area contributed by atoms with Gasteiger partial charge in [-0.2, -0.15) is 0 Å². The van der Waals surface area contributed by atoms with Crippen molar-refractivity contribution < 1.29 is 0 Å². The molecule has 1 fully saturated rings. The Morgan fingerprint density at radius 1 is 1.00 bits per heavy atom. The number of allylic oxidation sites excluding steroid dienone is 10. The SMILES string of the molecule is C=C/C(=C\C=C/Cc1ccccc1)C(=C)/C=C1\C(=C/C)C(C)(C)CC1(C)C.CC.CCC(C)C. The summed E-state index contributed by atoms with van der Waals surface area (Å²) in [5.74, 6) is 0.884. The Morgan fingerprint density at radius 2 is 1.53 bits per heavy atom. The first-order chi connectivity index (χ1) is 16.0. The minimum Gasteiger partial charge on any atom is -0.0984 e. The van der Waals surface area contributed by atoms with Crippen LogP contribution in [-0.2, 0) is 6.42 Å². The van der Waals surface area contributed by atoms with Crippen LogP contribution in [0.2, 0.25) is 0 Å². The minimum absolute atomic E-state index is 0.156. The molecule has 0 aliphatic heterocycles. The first-order valence-electron chi connectivity index (χ1n) is 13.1. The van der Waals surface area contributed by atoms with Crippen LogP contribution in [0.3, 0.4) is 0 Å². The van der Waals surface area contributed by atoms with Gasteiger partial charge in [0.05, 0.1) is 0 Å². The van der Waals surface area contributed by atoms with Gasteiger partial charge in [0.25, 0.3) is 0 Å². The Kier molecular flexibility index (Phi) is 14.5. The molecule has 188 valence electrons. The van der Waals surface area contributed by atoms with Crippen LogP contribution < -0.4 is 0 Å². The standard InChI is InChI=1S/C27H34.C5H12.C2H6/c1-8-23(18-14-13-17-22-15-11-10-12-16-22)21(3)19-25-24(9-2)26(4,5)20-27(25,6)7;1-4-5(2)3;1-2/h8-16,18-19H,1,3,17,20H2,2,4-7H3;5H,4H2,1-3H3;1-2H3/b14-13-,23-18+,24-9+,25-19+;;. The van der Waals surface area contributed by atoms with E-state index < -0.39 is 0 Å². The molecule has 1 saturated carbocycles. The Morgan fingerprint density at radius 3 is 2.00 bits per heavy atom. The summed E-state index contributed by atoms with van der Waals surface area (Å²) in [7, 11) is 0. The highest BCUT2D eigenvalue weighted by Gasteiger charge is 2.44. The van der Waals surface area contributed by atoms with Crippen LogP contribution in [0.1, 0.15) is 87.6 Å². The van der Waals surface area contributed by atoms with Gasteiger partial charge in [-0.15, -0.1) is 0 Å². The van der Waals surface area contributed by atoms with E-state index >= 15 is 0 Å². The van der Waals surface area contributed by atoms with Crippen LogP contribution in [-0.4, -0.2) is 0 Å². The van der Waals surface area contributed by atoms with E-state index in [1.807, 2.05) is 26.0 Å². The Bertz CT molecular complexity index is 864. The first-order valence-corrected chi connectivity index (χ1v) is 13.1. The predicted octanol–water partition coefficient (Wildman–Crippen LogP) is 10.9. The third kappa shape index (κ3) is 10.3. The summed E-state index contributed by atoms with van der Waals surface area (Å²) >= 11 is 0. The molecule has 0 aromatic heterocycles. The number of rotatable bonds is 7. The van der Waals surface area contributed by atoms with E-state index in [1.165, 1.54) is 23.1 Å². The molecule has 34 heavy (non-hydrogen) atoms. The van der Waals surface area contributed by atoms with Crippen molar-refractivity contribution in [1.82, 2.24) is 0 Å². The van der Waals surface area contributed by atoms with E-state index in [4.69, 9.17) is 0 Å². The number of hydrogen-bond donors (Lipinski definition) is 0. The Hall–Kier alpha value is -2.34. The van der Waals surface area contributed by atoms with Crippen molar-refractivity contribution in [3.63, 3.8) is 0 Å². The highest BCUT2D eigenvalue weighted by molar-refractivity contribution is 5.54. The van der Waals surface area contributed by atoms with Crippen LogP contribution in [0, 0.1) is 16.7 Å². The molecule has 0 saturated heterocycles. The van der Waals surface area contributed by atoms with Crippen LogP contribution in [0.15, 0.2) is 102 Å². The molecule has 0 spiro atoms. The molecule has 1 aliphatic rings. The number of hydrogen-bond acceptors (Lipinski definition) is 0. The van der Waals surface area contributed by atoms with E-state index in [2.05, 4.69) is 123 Å². The summed E-state index contributed by atoms with van der Waals surface area (Å²) in [6, 6.07) is 10.5. The monoisotopic (exact) mass is 460 g/mol. The molecule has 0 atom stereocenters. The molecule has 0 heteroatoms. The van der Waals surface area contributed by atoms with Crippen molar-refractivity contribution >= 4 is 0 Å². The first kappa shape index (κ1) is 31.7. The average Bonchev–Trinajstić information content (AvgIpc) is 2.98. The fraction of sp³-hybridized carbons (Fsp3) is 0.471. The lowest BCUT2D eigenvalue weighted by Gasteiger charge is -2.21. The van der Waals surface area contributed by atoms with Gasteiger partial charge in [-0.1, -0.05) is 149 Å². The lowest BCUT2D eigenvalue weighted by atomic mass is 9.83. The number of benzene rings is 1. The van der Waals surface area contributed by atoms with Crippen molar-refractivity contribution in [3.05, 3.63) is 108 Å². The van der Waals surface area contributed by atoms with Crippen LogP contribution in [0.25, 0.3) is 0 Å². The van der Waals surface area contributed by atoms with E-state index in [1.54, 1.807) is 0 Å². The molecule has 1 aromatic rings. The molecule has 0 nitrogen and oxygen atoms in total.